The molecule has 4 nitrogen and oxygen atoms in total. The number of hydrogen-bond donors (Lipinski definition) is 2. The minimum absolute atomic E-state index is 0.101. The molecule has 0 bridgehead atoms. The molecule has 0 fully saturated rings. The summed E-state index contributed by atoms with van der Waals surface area (Å²) >= 11 is 0. The maximum atomic E-state index is 11.2. The molecule has 0 aliphatic rings. The molecule has 0 radical (unpaired) electrons. The Labute approximate surface area is 83.1 Å². The van der Waals surface area contributed by atoms with E-state index < -0.39 is 0 Å². The summed E-state index contributed by atoms with van der Waals surface area (Å²) in [4.78, 5) is 13.9. The van der Waals surface area contributed by atoms with E-state index in [0.29, 0.717) is 0 Å². The van der Waals surface area contributed by atoms with Crippen LogP contribution in [0.5, 0.6) is 0 Å². The van der Waals surface area contributed by atoms with E-state index in [9.17, 15) is 4.79 Å². The summed E-state index contributed by atoms with van der Waals surface area (Å²) in [7, 11) is 0. The highest BCUT2D eigenvalue weighted by Gasteiger charge is 1.95. The molecule has 1 rings (SSSR count). The second-order valence-corrected chi connectivity index (χ2v) is 3.28. The van der Waals surface area contributed by atoms with Gasteiger partial charge in [0.25, 0.3) is 0 Å². The first-order valence-electron chi connectivity index (χ1n) is 4.62. The summed E-state index contributed by atoms with van der Waals surface area (Å²) in [6, 6.07) is 3.37. The Morgan fingerprint density at radius 1 is 1.50 bits per heavy atom. The molecular formula is C10H15N3O. The lowest BCUT2D eigenvalue weighted by Gasteiger charge is -2.02. The zero-order valence-corrected chi connectivity index (χ0v) is 8.72. The van der Waals surface area contributed by atoms with Crippen LogP contribution in [-0.2, 0) is 6.42 Å². The molecule has 1 heterocycles. The summed E-state index contributed by atoms with van der Waals surface area (Å²) in [5.74, 6) is 0. The first-order valence-corrected chi connectivity index (χ1v) is 4.62. The molecular weight excluding hydrogens is 178 g/mol. The number of nitrogens with one attached hydrogen (secondary N) is 2. The Hall–Kier alpha value is -1.58. The van der Waals surface area contributed by atoms with Crippen LogP contribution in [0.25, 0.3) is 0 Å². The highest BCUT2D eigenvalue weighted by atomic mass is 16.1. The summed E-state index contributed by atoms with van der Waals surface area (Å²) in [5, 5.41) is 4.03. The van der Waals surface area contributed by atoms with Crippen molar-refractivity contribution in [2.24, 2.45) is 5.10 Å². The van der Waals surface area contributed by atoms with Crippen LogP contribution in [0.4, 0.5) is 5.69 Å². The van der Waals surface area contributed by atoms with Crippen LogP contribution in [0.1, 0.15) is 26.5 Å². The van der Waals surface area contributed by atoms with E-state index >= 15 is 0 Å². The van der Waals surface area contributed by atoms with Gasteiger partial charge in [-0.3, -0.25) is 10.2 Å². The number of hydrazone groups is 1. The number of rotatable bonds is 3. The molecule has 1 aromatic heterocycles. The summed E-state index contributed by atoms with van der Waals surface area (Å²) in [6.45, 7) is 5.77. The molecule has 0 saturated carbocycles. The number of pyridine rings is 1. The maximum absolute atomic E-state index is 11.2. The van der Waals surface area contributed by atoms with Gasteiger partial charge in [-0.2, -0.15) is 5.10 Å². The van der Waals surface area contributed by atoms with Gasteiger partial charge in [-0.25, -0.2) is 0 Å². The molecule has 76 valence electrons. The number of aromatic amines is 1. The Bertz CT molecular complexity index is 389. The Balaban J connectivity index is 2.92. The van der Waals surface area contributed by atoms with E-state index in [-0.39, 0.29) is 5.56 Å². The van der Waals surface area contributed by atoms with Crippen molar-refractivity contribution >= 4 is 11.4 Å². The molecule has 0 unspecified atom stereocenters. The molecule has 0 aliphatic carbocycles. The van der Waals surface area contributed by atoms with E-state index in [1.54, 1.807) is 0 Å². The molecule has 1 aromatic rings. The van der Waals surface area contributed by atoms with Crippen molar-refractivity contribution in [3.63, 3.8) is 0 Å². The van der Waals surface area contributed by atoms with Gasteiger partial charge in [0.15, 0.2) is 0 Å². The van der Waals surface area contributed by atoms with E-state index in [0.717, 1.165) is 23.5 Å². The van der Waals surface area contributed by atoms with E-state index in [2.05, 4.69) is 15.5 Å². The topological polar surface area (TPSA) is 57.2 Å². The molecule has 0 spiro atoms. The van der Waals surface area contributed by atoms with Gasteiger partial charge in [0.05, 0.1) is 5.69 Å². The predicted octanol–water partition coefficient (Wildman–Crippen LogP) is 1.74. The van der Waals surface area contributed by atoms with Crippen LogP contribution in [0.3, 0.4) is 0 Å². The van der Waals surface area contributed by atoms with Gasteiger partial charge >= 0.3 is 0 Å². The lowest BCUT2D eigenvalue weighted by molar-refractivity contribution is 1.01. The monoisotopic (exact) mass is 193 g/mol. The van der Waals surface area contributed by atoms with Crippen LogP contribution < -0.4 is 11.0 Å². The number of anilines is 1. The molecule has 0 aromatic carbocycles. The first-order chi connectivity index (χ1) is 6.61. The van der Waals surface area contributed by atoms with Gasteiger partial charge in [0, 0.05) is 17.5 Å². The number of hydrogen-bond acceptors (Lipinski definition) is 3. The SMILES string of the molecule is CCc1cc(NN=C(C)C)cc(=O)[nH]1. The van der Waals surface area contributed by atoms with E-state index in [1.807, 2.05) is 26.8 Å². The fourth-order valence-electron chi connectivity index (χ4n) is 1.03. The molecule has 0 aliphatic heterocycles. The van der Waals surface area contributed by atoms with Crippen molar-refractivity contribution < 1.29 is 0 Å². The van der Waals surface area contributed by atoms with Crippen LogP contribution in [0.2, 0.25) is 0 Å². The summed E-state index contributed by atoms with van der Waals surface area (Å²) in [5.41, 5.74) is 5.28. The third kappa shape index (κ3) is 3.05. The summed E-state index contributed by atoms with van der Waals surface area (Å²) < 4.78 is 0. The minimum atomic E-state index is -0.101. The van der Waals surface area contributed by atoms with Crippen molar-refractivity contribution in [1.82, 2.24) is 4.98 Å². The molecule has 2 N–H and O–H groups in total. The van der Waals surface area contributed by atoms with Crippen molar-refractivity contribution in [3.8, 4) is 0 Å². The van der Waals surface area contributed by atoms with Crippen LogP contribution in [-0.4, -0.2) is 10.7 Å². The van der Waals surface area contributed by atoms with E-state index in [1.165, 1.54) is 6.07 Å². The van der Waals surface area contributed by atoms with Gasteiger partial charge < -0.3 is 4.98 Å². The molecule has 0 amide bonds. The lowest BCUT2D eigenvalue weighted by Crippen LogP contribution is -2.08. The predicted molar refractivity (Wildman–Crippen MR) is 58.8 cm³/mol. The van der Waals surface area contributed by atoms with Gasteiger partial charge in [0.2, 0.25) is 5.56 Å². The second-order valence-electron chi connectivity index (χ2n) is 3.28. The number of aromatic nitrogens is 1. The van der Waals surface area contributed by atoms with Crippen LogP contribution >= 0.6 is 0 Å². The quantitative estimate of drug-likeness (QED) is 0.567. The average molecular weight is 193 g/mol. The Morgan fingerprint density at radius 2 is 2.21 bits per heavy atom. The van der Waals surface area contributed by atoms with Crippen molar-refractivity contribution in [1.29, 1.82) is 0 Å². The van der Waals surface area contributed by atoms with Crippen molar-refractivity contribution in [2.75, 3.05) is 5.43 Å². The highest BCUT2D eigenvalue weighted by molar-refractivity contribution is 5.79. The first kappa shape index (κ1) is 10.5. The zero-order valence-electron chi connectivity index (χ0n) is 8.72. The lowest BCUT2D eigenvalue weighted by atomic mass is 10.3. The molecule has 0 atom stereocenters. The molecule has 14 heavy (non-hydrogen) atoms. The second kappa shape index (κ2) is 4.60. The fourth-order valence-corrected chi connectivity index (χ4v) is 1.03. The minimum Gasteiger partial charge on any atom is -0.326 e. The highest BCUT2D eigenvalue weighted by Crippen LogP contribution is 2.05. The van der Waals surface area contributed by atoms with Crippen LogP contribution in [0.15, 0.2) is 22.0 Å². The molecule has 0 saturated heterocycles. The maximum Gasteiger partial charge on any atom is 0.250 e. The number of nitrogens with zero attached hydrogens (tertiary/aromatic N) is 1. The fraction of sp³-hybridized carbons (Fsp3) is 0.400. The van der Waals surface area contributed by atoms with Crippen molar-refractivity contribution in [2.45, 2.75) is 27.2 Å². The van der Waals surface area contributed by atoms with Crippen LogP contribution in [0, 0.1) is 0 Å². The van der Waals surface area contributed by atoms with Gasteiger partial charge in [-0.15, -0.1) is 0 Å². The summed E-state index contributed by atoms with van der Waals surface area (Å²) in [6.07, 6.45) is 0.805. The molecule has 4 heteroatoms. The average Bonchev–Trinajstić information content (AvgIpc) is 2.14. The van der Waals surface area contributed by atoms with Gasteiger partial charge in [-0.05, 0) is 26.3 Å². The number of aryl methyl sites for hydroxylation is 1. The van der Waals surface area contributed by atoms with Crippen molar-refractivity contribution in [3.05, 3.63) is 28.2 Å². The van der Waals surface area contributed by atoms with E-state index in [4.69, 9.17) is 0 Å². The Kier molecular flexibility index (Phi) is 3.45. The van der Waals surface area contributed by atoms with Gasteiger partial charge in [0.1, 0.15) is 0 Å². The number of H-pyrrole nitrogens is 1. The third-order valence-corrected chi connectivity index (χ3v) is 1.69. The van der Waals surface area contributed by atoms with Gasteiger partial charge in [-0.1, -0.05) is 6.92 Å². The smallest absolute Gasteiger partial charge is 0.250 e. The largest absolute Gasteiger partial charge is 0.326 e. The standard InChI is InChI=1S/C10H15N3O/c1-4-8-5-9(6-10(14)11-8)13-12-7(2)3/h5-6H,4H2,1-3H3,(H2,11,13,14). The normalized spacial score (nSPS) is 9.64. The Morgan fingerprint density at radius 3 is 2.79 bits per heavy atom. The zero-order chi connectivity index (χ0) is 10.6. The third-order valence-electron chi connectivity index (χ3n) is 1.69.